The Labute approximate surface area is 196 Å². The molecule has 2 aromatic carbocycles. The summed E-state index contributed by atoms with van der Waals surface area (Å²) in [4.78, 5) is 4.54. The average Bonchev–Trinajstić information content (AvgIpc) is 3.16. The number of nitrogens with one attached hydrogen (secondary N) is 1. The Kier molecular flexibility index (Phi) is 7.78. The molecule has 0 bridgehead atoms. The van der Waals surface area contributed by atoms with Crippen molar-refractivity contribution in [2.24, 2.45) is 0 Å². The summed E-state index contributed by atoms with van der Waals surface area (Å²) < 4.78 is 21.7. The van der Waals surface area contributed by atoms with Gasteiger partial charge in [0.2, 0.25) is 0 Å². The molecule has 0 spiro atoms. The number of halogens is 1. The van der Waals surface area contributed by atoms with Gasteiger partial charge in [-0.25, -0.2) is 9.71 Å². The Bertz CT molecular complexity index is 1030. The summed E-state index contributed by atoms with van der Waals surface area (Å²) in [6.07, 6.45) is 0. The number of nitrogens with zero attached hydrogens (tertiary/aromatic N) is 1. The minimum atomic E-state index is -1.76. The van der Waals surface area contributed by atoms with Gasteiger partial charge < -0.3 is 4.18 Å². The second-order valence-electron chi connectivity index (χ2n) is 8.46. The lowest BCUT2D eigenvalue weighted by molar-refractivity contribution is 0.546. The van der Waals surface area contributed by atoms with E-state index in [4.69, 9.17) is 15.8 Å². The van der Waals surface area contributed by atoms with E-state index in [1.165, 1.54) is 16.9 Å². The van der Waals surface area contributed by atoms with Crippen LogP contribution in [0.2, 0.25) is 5.02 Å². The van der Waals surface area contributed by atoms with Crippen molar-refractivity contribution in [2.45, 2.75) is 59.3 Å². The van der Waals surface area contributed by atoms with Crippen molar-refractivity contribution < 1.29 is 8.39 Å². The summed E-state index contributed by atoms with van der Waals surface area (Å²) in [5.74, 6) is 1.61. The molecule has 0 fully saturated rings. The van der Waals surface area contributed by atoms with Gasteiger partial charge in [-0.1, -0.05) is 77.4 Å². The molecule has 7 heteroatoms. The molecule has 31 heavy (non-hydrogen) atoms. The molecule has 0 saturated carbocycles. The van der Waals surface area contributed by atoms with Crippen LogP contribution in [0.15, 0.2) is 41.8 Å². The molecule has 0 aliphatic carbocycles. The predicted molar refractivity (Wildman–Crippen MR) is 134 cm³/mol. The molecule has 4 nitrogen and oxygen atoms in total. The maximum absolute atomic E-state index is 12.9. The van der Waals surface area contributed by atoms with Crippen molar-refractivity contribution in [3.8, 4) is 17.0 Å². The van der Waals surface area contributed by atoms with Gasteiger partial charge in [0, 0.05) is 16.0 Å². The van der Waals surface area contributed by atoms with Crippen LogP contribution < -0.4 is 8.91 Å². The third kappa shape index (κ3) is 5.88. The Morgan fingerprint density at radius 2 is 1.55 bits per heavy atom. The van der Waals surface area contributed by atoms with Gasteiger partial charge in [-0.15, -0.1) is 11.3 Å². The molecule has 0 radical (unpaired) electrons. The largest absolute Gasteiger partial charge is 0.384 e. The number of anilines is 1. The van der Waals surface area contributed by atoms with E-state index in [-0.39, 0.29) is 11.8 Å². The number of thiazole rings is 1. The molecular formula is C24H29ClN2O2S2. The van der Waals surface area contributed by atoms with Crippen LogP contribution in [0.4, 0.5) is 5.13 Å². The molecule has 1 atom stereocenters. The number of hydrogen-bond acceptors (Lipinski definition) is 4. The van der Waals surface area contributed by atoms with Crippen LogP contribution >= 0.6 is 22.9 Å². The van der Waals surface area contributed by atoms with Crippen molar-refractivity contribution in [1.82, 2.24) is 4.98 Å². The summed E-state index contributed by atoms with van der Waals surface area (Å²) in [6.45, 7) is 12.9. The maximum Gasteiger partial charge on any atom is 0.317 e. The monoisotopic (exact) mass is 476 g/mol. The number of benzene rings is 2. The van der Waals surface area contributed by atoms with Crippen LogP contribution in [0.5, 0.6) is 5.75 Å². The fourth-order valence-electron chi connectivity index (χ4n) is 3.23. The van der Waals surface area contributed by atoms with Crippen LogP contribution in [-0.2, 0) is 11.3 Å². The van der Waals surface area contributed by atoms with Crippen molar-refractivity contribution in [2.75, 3.05) is 4.72 Å². The Morgan fingerprint density at radius 3 is 2.06 bits per heavy atom. The summed E-state index contributed by atoms with van der Waals surface area (Å²) in [5.41, 5.74) is 5.17. The van der Waals surface area contributed by atoms with Gasteiger partial charge in [0.1, 0.15) is 5.75 Å². The Balaban J connectivity index is 1.84. The van der Waals surface area contributed by atoms with Gasteiger partial charge in [-0.3, -0.25) is 0 Å². The lowest BCUT2D eigenvalue weighted by Gasteiger charge is -2.22. The van der Waals surface area contributed by atoms with E-state index in [0.717, 1.165) is 22.4 Å². The standard InChI is InChI=1S/C24H29ClN2O2S2/c1-14(2)18-11-20(15(3)4)23(21(12-18)16(5)6)29-31(28)27-24-26-22(13-30-24)17-7-9-19(25)10-8-17/h7-16H,1-6H3,(H,26,27). The molecule has 0 aliphatic heterocycles. The molecule has 1 unspecified atom stereocenters. The molecule has 0 aliphatic rings. The van der Waals surface area contributed by atoms with E-state index in [0.29, 0.717) is 21.8 Å². The topological polar surface area (TPSA) is 51.2 Å². The fraction of sp³-hybridized carbons (Fsp3) is 0.375. The van der Waals surface area contributed by atoms with Gasteiger partial charge in [-0.2, -0.15) is 4.21 Å². The highest BCUT2D eigenvalue weighted by molar-refractivity contribution is 7.82. The van der Waals surface area contributed by atoms with E-state index in [2.05, 4.69) is 63.4 Å². The minimum absolute atomic E-state index is 0.250. The Hall–Kier alpha value is -1.89. The maximum atomic E-state index is 12.9. The molecule has 166 valence electrons. The molecule has 3 aromatic rings. The SMILES string of the molecule is CC(C)c1cc(C(C)C)c(OS(=O)Nc2nc(-c3ccc(Cl)cc3)cs2)c(C(C)C)c1. The lowest BCUT2D eigenvalue weighted by atomic mass is 9.88. The zero-order valence-electron chi connectivity index (χ0n) is 18.7. The first-order valence-electron chi connectivity index (χ1n) is 10.4. The van der Waals surface area contributed by atoms with Gasteiger partial charge in [0.15, 0.2) is 5.13 Å². The van der Waals surface area contributed by atoms with E-state index in [9.17, 15) is 4.21 Å². The highest BCUT2D eigenvalue weighted by atomic mass is 35.5. The molecule has 1 N–H and O–H groups in total. The molecule has 0 amide bonds. The smallest absolute Gasteiger partial charge is 0.317 e. The second kappa shape index (κ2) is 10.2. The first-order valence-corrected chi connectivity index (χ1v) is 12.7. The highest BCUT2D eigenvalue weighted by Gasteiger charge is 2.21. The van der Waals surface area contributed by atoms with Gasteiger partial charge in [-0.05, 0) is 46.6 Å². The van der Waals surface area contributed by atoms with Crippen LogP contribution in [0.25, 0.3) is 11.3 Å². The average molecular weight is 477 g/mol. The zero-order chi connectivity index (χ0) is 22.7. The minimum Gasteiger partial charge on any atom is -0.384 e. The quantitative estimate of drug-likeness (QED) is 0.359. The summed E-state index contributed by atoms with van der Waals surface area (Å²) in [6, 6.07) is 11.8. The number of rotatable bonds is 8. The molecule has 1 aromatic heterocycles. The van der Waals surface area contributed by atoms with Gasteiger partial charge in [0.25, 0.3) is 0 Å². The van der Waals surface area contributed by atoms with Gasteiger partial charge in [0.05, 0.1) is 5.69 Å². The van der Waals surface area contributed by atoms with Crippen LogP contribution in [0.1, 0.15) is 76.0 Å². The zero-order valence-corrected chi connectivity index (χ0v) is 21.1. The van der Waals surface area contributed by atoms with Crippen molar-refractivity contribution in [3.05, 3.63) is 63.5 Å². The van der Waals surface area contributed by atoms with E-state index in [1.807, 2.05) is 29.6 Å². The van der Waals surface area contributed by atoms with E-state index >= 15 is 0 Å². The van der Waals surface area contributed by atoms with Crippen molar-refractivity contribution in [1.29, 1.82) is 0 Å². The summed E-state index contributed by atoms with van der Waals surface area (Å²) in [7, 11) is 0. The third-order valence-electron chi connectivity index (χ3n) is 5.05. The number of hydrogen-bond donors (Lipinski definition) is 1. The molecule has 1 heterocycles. The van der Waals surface area contributed by atoms with Crippen molar-refractivity contribution >= 4 is 39.3 Å². The van der Waals surface area contributed by atoms with Crippen LogP contribution in [0, 0.1) is 0 Å². The van der Waals surface area contributed by atoms with Gasteiger partial charge >= 0.3 is 11.3 Å². The fourth-order valence-corrected chi connectivity index (χ4v) is 4.89. The van der Waals surface area contributed by atoms with E-state index < -0.39 is 11.3 Å². The summed E-state index contributed by atoms with van der Waals surface area (Å²) in [5, 5.41) is 3.13. The summed E-state index contributed by atoms with van der Waals surface area (Å²) >= 11 is 5.58. The molecule has 3 rings (SSSR count). The highest BCUT2D eigenvalue weighted by Crippen LogP contribution is 2.38. The van der Waals surface area contributed by atoms with Crippen molar-refractivity contribution in [3.63, 3.8) is 0 Å². The number of aromatic nitrogens is 1. The first kappa shape index (κ1) is 23.8. The second-order valence-corrected chi connectivity index (χ2v) is 10.6. The van der Waals surface area contributed by atoms with E-state index in [1.54, 1.807) is 0 Å². The van der Waals surface area contributed by atoms with Crippen LogP contribution in [-0.4, -0.2) is 9.19 Å². The third-order valence-corrected chi connectivity index (χ3v) is 6.87. The first-order chi connectivity index (χ1) is 14.7. The Morgan fingerprint density at radius 1 is 0.968 bits per heavy atom. The van der Waals surface area contributed by atoms with Crippen LogP contribution in [0.3, 0.4) is 0 Å². The predicted octanol–water partition coefficient (Wildman–Crippen LogP) is 7.90. The normalized spacial score (nSPS) is 12.6. The molecular weight excluding hydrogens is 448 g/mol. The molecule has 0 saturated heterocycles. The lowest BCUT2D eigenvalue weighted by Crippen LogP contribution is -2.14.